The Morgan fingerprint density at radius 1 is 1.28 bits per heavy atom. The number of methoxy groups -OCH3 is 1. The third-order valence-corrected chi connectivity index (χ3v) is 6.78. The number of furan rings is 1. The number of hydrogen-bond donors (Lipinski definition) is 0. The van der Waals surface area contributed by atoms with Crippen LogP contribution in [0.15, 0.2) is 16.6 Å². The van der Waals surface area contributed by atoms with Crippen LogP contribution >= 0.6 is 0 Å². The van der Waals surface area contributed by atoms with Gasteiger partial charge in [0, 0.05) is 47.2 Å². The molecule has 4 nitrogen and oxygen atoms in total. The molecule has 156 valence electrons. The van der Waals surface area contributed by atoms with Crippen molar-refractivity contribution in [1.82, 2.24) is 4.90 Å². The average Bonchev–Trinajstić information content (AvgIpc) is 3.12. The minimum Gasteiger partial charge on any atom is -0.496 e. The van der Waals surface area contributed by atoms with Gasteiger partial charge in [0.2, 0.25) is 5.91 Å². The molecule has 1 aliphatic carbocycles. The van der Waals surface area contributed by atoms with Gasteiger partial charge < -0.3 is 14.1 Å². The molecule has 0 spiro atoms. The Bertz CT molecular complexity index is 953. The first-order valence-electron chi connectivity index (χ1n) is 11.2. The highest BCUT2D eigenvalue weighted by Gasteiger charge is 2.26. The Morgan fingerprint density at radius 2 is 2.07 bits per heavy atom. The topological polar surface area (TPSA) is 42.7 Å². The van der Waals surface area contributed by atoms with Gasteiger partial charge in [-0.25, -0.2) is 0 Å². The molecule has 1 atom stereocenters. The number of carbonyl (C=O) groups excluding carboxylic acids is 1. The van der Waals surface area contributed by atoms with Gasteiger partial charge in [-0.3, -0.25) is 4.79 Å². The van der Waals surface area contributed by atoms with Crippen LogP contribution in [-0.2, 0) is 17.6 Å². The molecule has 2 aromatic rings. The number of piperidine rings is 1. The molecule has 4 rings (SSSR count). The van der Waals surface area contributed by atoms with Crippen molar-refractivity contribution in [3.8, 4) is 5.75 Å². The molecule has 0 N–H and O–H groups in total. The van der Waals surface area contributed by atoms with Crippen molar-refractivity contribution in [1.29, 1.82) is 0 Å². The summed E-state index contributed by atoms with van der Waals surface area (Å²) in [6, 6.07) is 2.55. The molecule has 0 bridgehead atoms. The number of nitrogens with zero attached hydrogens (tertiary/aromatic N) is 1. The Labute approximate surface area is 173 Å². The zero-order valence-electron chi connectivity index (χ0n) is 18.3. The number of ether oxygens (including phenoxy) is 1. The molecule has 1 amide bonds. The quantitative estimate of drug-likeness (QED) is 0.612. The molecule has 29 heavy (non-hydrogen) atoms. The van der Waals surface area contributed by atoms with Crippen LogP contribution in [0.1, 0.15) is 74.8 Å². The Kier molecular flexibility index (Phi) is 5.71. The average molecular weight is 396 g/mol. The molecule has 1 aromatic heterocycles. The van der Waals surface area contributed by atoms with Crippen molar-refractivity contribution in [2.45, 2.75) is 78.2 Å². The van der Waals surface area contributed by atoms with E-state index in [4.69, 9.17) is 9.15 Å². The predicted molar refractivity (Wildman–Crippen MR) is 117 cm³/mol. The van der Waals surface area contributed by atoms with Gasteiger partial charge in [-0.05, 0) is 70.4 Å². The Hall–Kier alpha value is -2.23. The molecule has 1 fully saturated rings. The maximum atomic E-state index is 13.1. The fraction of sp³-hybridized carbons (Fsp3) is 0.560. The lowest BCUT2D eigenvalue weighted by atomic mass is 9.92. The third-order valence-electron chi connectivity index (χ3n) is 6.78. The van der Waals surface area contributed by atoms with Crippen LogP contribution in [0, 0.1) is 6.92 Å². The van der Waals surface area contributed by atoms with Gasteiger partial charge in [0.25, 0.3) is 0 Å². The van der Waals surface area contributed by atoms with E-state index in [1.54, 1.807) is 7.11 Å². The maximum Gasteiger partial charge on any atom is 0.247 e. The van der Waals surface area contributed by atoms with Crippen LogP contribution < -0.4 is 4.74 Å². The van der Waals surface area contributed by atoms with Crippen LogP contribution in [0.25, 0.3) is 16.5 Å². The number of fused-ring (bicyclic) bond motifs is 3. The molecule has 4 heteroatoms. The summed E-state index contributed by atoms with van der Waals surface area (Å²) in [5, 5.41) is 1.19. The van der Waals surface area contributed by atoms with E-state index in [2.05, 4.69) is 24.8 Å². The minimum atomic E-state index is 0.128. The van der Waals surface area contributed by atoms with Crippen LogP contribution in [0.2, 0.25) is 0 Å². The summed E-state index contributed by atoms with van der Waals surface area (Å²) in [6.45, 7) is 7.13. The van der Waals surface area contributed by atoms with Gasteiger partial charge in [-0.15, -0.1) is 0 Å². The third kappa shape index (κ3) is 3.58. The highest BCUT2D eigenvalue weighted by molar-refractivity contribution is 5.98. The summed E-state index contributed by atoms with van der Waals surface area (Å²) in [4.78, 5) is 15.1. The number of allylic oxidation sites excluding steroid dienone is 1. The van der Waals surface area contributed by atoms with E-state index in [1.165, 1.54) is 30.2 Å². The number of likely N-dealkylation sites (tertiary alicyclic amines) is 1. The molecule has 2 aliphatic rings. The summed E-state index contributed by atoms with van der Waals surface area (Å²) in [6.07, 6.45) is 10.8. The van der Waals surface area contributed by atoms with Crippen molar-refractivity contribution in [3.05, 3.63) is 34.6 Å². The largest absolute Gasteiger partial charge is 0.496 e. The SMILES string of the molecule is CCC1CCCCN1C(=O)/C=C(\C)c1cc2c3c(oc2c(C)c1OC)CCCC3. The number of aryl methyl sites for hydroxylation is 3. The fourth-order valence-electron chi connectivity index (χ4n) is 5.15. The van der Waals surface area contributed by atoms with Crippen LogP contribution in [0.5, 0.6) is 5.75 Å². The highest BCUT2D eigenvalue weighted by Crippen LogP contribution is 2.41. The molecule has 0 radical (unpaired) electrons. The molecular weight excluding hydrogens is 362 g/mol. The first-order chi connectivity index (χ1) is 14.0. The lowest BCUT2D eigenvalue weighted by molar-refractivity contribution is -0.129. The number of carbonyl (C=O) groups is 1. The van der Waals surface area contributed by atoms with E-state index in [1.807, 2.05) is 13.0 Å². The van der Waals surface area contributed by atoms with Crippen molar-refractivity contribution < 1.29 is 13.9 Å². The van der Waals surface area contributed by atoms with Crippen LogP contribution in [0.3, 0.4) is 0 Å². The molecule has 1 aliphatic heterocycles. The van der Waals surface area contributed by atoms with Gasteiger partial charge in [0.15, 0.2) is 0 Å². The minimum absolute atomic E-state index is 0.128. The number of benzene rings is 1. The van der Waals surface area contributed by atoms with E-state index in [9.17, 15) is 4.79 Å². The zero-order chi connectivity index (χ0) is 20.5. The van der Waals surface area contributed by atoms with E-state index in [-0.39, 0.29) is 5.91 Å². The Balaban J connectivity index is 1.75. The Morgan fingerprint density at radius 3 is 2.83 bits per heavy atom. The number of amides is 1. The van der Waals surface area contributed by atoms with Crippen molar-refractivity contribution in [3.63, 3.8) is 0 Å². The van der Waals surface area contributed by atoms with Gasteiger partial charge in [-0.2, -0.15) is 0 Å². The molecule has 1 aromatic carbocycles. The molecular formula is C25H33NO3. The molecule has 1 saturated heterocycles. The number of rotatable bonds is 4. The predicted octanol–water partition coefficient (Wildman–Crippen LogP) is 5.82. The molecule has 1 unspecified atom stereocenters. The first kappa shape index (κ1) is 20.1. The van der Waals surface area contributed by atoms with Crippen molar-refractivity contribution >= 4 is 22.4 Å². The highest BCUT2D eigenvalue weighted by atomic mass is 16.5. The second-order valence-electron chi connectivity index (χ2n) is 8.59. The smallest absolute Gasteiger partial charge is 0.247 e. The lowest BCUT2D eigenvalue weighted by Gasteiger charge is -2.34. The van der Waals surface area contributed by atoms with Crippen molar-refractivity contribution in [2.75, 3.05) is 13.7 Å². The lowest BCUT2D eigenvalue weighted by Crippen LogP contribution is -2.42. The second kappa shape index (κ2) is 8.25. The van der Waals surface area contributed by atoms with Crippen molar-refractivity contribution in [2.24, 2.45) is 0 Å². The first-order valence-corrected chi connectivity index (χ1v) is 11.2. The summed E-state index contributed by atoms with van der Waals surface area (Å²) < 4.78 is 12.0. The van der Waals surface area contributed by atoms with Gasteiger partial charge in [0.1, 0.15) is 17.1 Å². The standard InChI is InChI=1S/C25H33NO3/c1-5-18-10-8-9-13-26(18)23(27)14-16(2)20-15-21-19-11-6-7-12-22(19)29-25(21)17(3)24(20)28-4/h14-15,18H,5-13H2,1-4H3/b16-14+. The summed E-state index contributed by atoms with van der Waals surface area (Å²) >= 11 is 0. The van der Waals surface area contributed by atoms with Gasteiger partial charge in [0.05, 0.1) is 7.11 Å². The summed E-state index contributed by atoms with van der Waals surface area (Å²) in [5.41, 5.74) is 5.28. The van der Waals surface area contributed by atoms with E-state index in [0.29, 0.717) is 6.04 Å². The van der Waals surface area contributed by atoms with Gasteiger partial charge >= 0.3 is 0 Å². The van der Waals surface area contributed by atoms with E-state index < -0.39 is 0 Å². The van der Waals surface area contributed by atoms with Crippen LogP contribution in [-0.4, -0.2) is 30.5 Å². The zero-order valence-corrected chi connectivity index (χ0v) is 18.3. The normalized spacial score (nSPS) is 20.1. The summed E-state index contributed by atoms with van der Waals surface area (Å²) in [5.74, 6) is 2.07. The fourth-order valence-corrected chi connectivity index (χ4v) is 5.15. The van der Waals surface area contributed by atoms with E-state index >= 15 is 0 Å². The number of hydrogen-bond acceptors (Lipinski definition) is 3. The van der Waals surface area contributed by atoms with E-state index in [0.717, 1.165) is 72.4 Å². The van der Waals surface area contributed by atoms with Crippen LogP contribution in [0.4, 0.5) is 0 Å². The summed E-state index contributed by atoms with van der Waals surface area (Å²) in [7, 11) is 1.70. The monoisotopic (exact) mass is 395 g/mol. The maximum absolute atomic E-state index is 13.1. The molecule has 0 saturated carbocycles. The van der Waals surface area contributed by atoms with Gasteiger partial charge in [-0.1, -0.05) is 6.92 Å². The second-order valence-corrected chi connectivity index (χ2v) is 8.59. The molecule has 2 heterocycles.